The standard InChI is InChI=1S/C12H18N2O2S/c1-9-5-3-6-10(13)11(9)12(15)14-7-4-8-17(2)16/h3,5-6H,4,7-8,13H2,1-2H3,(H,14,15). The maximum absolute atomic E-state index is 11.9. The van der Waals surface area contributed by atoms with Gasteiger partial charge < -0.3 is 11.1 Å². The minimum absolute atomic E-state index is 0.164. The lowest BCUT2D eigenvalue weighted by molar-refractivity contribution is 0.0954. The van der Waals surface area contributed by atoms with E-state index in [-0.39, 0.29) is 5.91 Å². The van der Waals surface area contributed by atoms with Gasteiger partial charge in [0.05, 0.1) is 5.56 Å². The van der Waals surface area contributed by atoms with Gasteiger partial charge in [-0.15, -0.1) is 0 Å². The van der Waals surface area contributed by atoms with Crippen LogP contribution < -0.4 is 11.1 Å². The fraction of sp³-hybridized carbons (Fsp3) is 0.417. The Morgan fingerprint density at radius 1 is 1.47 bits per heavy atom. The van der Waals surface area contributed by atoms with Crippen molar-refractivity contribution in [3.05, 3.63) is 29.3 Å². The third kappa shape index (κ3) is 4.19. The number of benzene rings is 1. The molecule has 94 valence electrons. The minimum Gasteiger partial charge on any atom is -0.398 e. The number of nitrogen functional groups attached to an aromatic ring is 1. The Hall–Kier alpha value is -1.36. The summed E-state index contributed by atoms with van der Waals surface area (Å²) in [5, 5.41) is 2.78. The van der Waals surface area contributed by atoms with E-state index in [0.717, 1.165) is 5.56 Å². The number of carbonyl (C=O) groups is 1. The number of hydrogen-bond donors (Lipinski definition) is 2. The van der Waals surface area contributed by atoms with E-state index in [0.29, 0.717) is 30.0 Å². The van der Waals surface area contributed by atoms with Crippen molar-refractivity contribution in [2.75, 3.05) is 24.3 Å². The molecular weight excluding hydrogens is 236 g/mol. The van der Waals surface area contributed by atoms with Crippen LogP contribution in [0.15, 0.2) is 18.2 Å². The molecule has 0 saturated heterocycles. The molecule has 0 bridgehead atoms. The third-order valence-corrected chi connectivity index (χ3v) is 3.29. The van der Waals surface area contributed by atoms with E-state index in [1.807, 2.05) is 19.1 Å². The minimum atomic E-state index is -0.810. The highest BCUT2D eigenvalue weighted by Gasteiger charge is 2.11. The molecule has 17 heavy (non-hydrogen) atoms. The molecule has 0 radical (unpaired) electrons. The summed E-state index contributed by atoms with van der Waals surface area (Å²) in [5.41, 5.74) is 7.65. The second-order valence-electron chi connectivity index (χ2n) is 3.93. The average molecular weight is 254 g/mol. The molecule has 1 atom stereocenters. The van der Waals surface area contributed by atoms with Crippen molar-refractivity contribution in [2.45, 2.75) is 13.3 Å². The van der Waals surface area contributed by atoms with Gasteiger partial charge in [-0.2, -0.15) is 0 Å². The zero-order valence-corrected chi connectivity index (χ0v) is 11.0. The van der Waals surface area contributed by atoms with Crippen LogP contribution in [-0.4, -0.2) is 28.7 Å². The lowest BCUT2D eigenvalue weighted by Crippen LogP contribution is -2.27. The summed E-state index contributed by atoms with van der Waals surface area (Å²) in [4.78, 5) is 11.9. The van der Waals surface area contributed by atoms with Gasteiger partial charge in [-0.3, -0.25) is 9.00 Å². The number of hydrogen-bond acceptors (Lipinski definition) is 3. The van der Waals surface area contributed by atoms with E-state index < -0.39 is 10.8 Å². The second-order valence-corrected chi connectivity index (χ2v) is 5.48. The molecule has 0 aliphatic rings. The van der Waals surface area contributed by atoms with Crippen LogP contribution in [0.1, 0.15) is 22.3 Å². The van der Waals surface area contributed by atoms with E-state index in [1.165, 1.54) is 0 Å². The SMILES string of the molecule is Cc1cccc(N)c1C(=O)NCCCS(C)=O. The molecule has 5 heteroatoms. The van der Waals surface area contributed by atoms with Crippen LogP contribution in [0.25, 0.3) is 0 Å². The molecular formula is C12H18N2O2S. The van der Waals surface area contributed by atoms with E-state index in [1.54, 1.807) is 12.3 Å². The summed E-state index contributed by atoms with van der Waals surface area (Å²) >= 11 is 0. The van der Waals surface area contributed by atoms with Crippen LogP contribution in [0.3, 0.4) is 0 Å². The average Bonchev–Trinajstić information content (AvgIpc) is 2.24. The molecule has 0 fully saturated rings. The summed E-state index contributed by atoms with van der Waals surface area (Å²) in [6.07, 6.45) is 2.36. The third-order valence-electron chi connectivity index (χ3n) is 2.43. The van der Waals surface area contributed by atoms with Crippen molar-refractivity contribution in [1.82, 2.24) is 5.32 Å². The highest BCUT2D eigenvalue weighted by molar-refractivity contribution is 7.84. The van der Waals surface area contributed by atoms with Crippen LogP contribution in [0.5, 0.6) is 0 Å². The Morgan fingerprint density at radius 3 is 2.76 bits per heavy atom. The molecule has 1 unspecified atom stereocenters. The first kappa shape index (κ1) is 13.7. The molecule has 0 heterocycles. The van der Waals surface area contributed by atoms with Gasteiger partial charge in [0.25, 0.3) is 5.91 Å². The predicted octanol–water partition coefficient (Wildman–Crippen LogP) is 1.08. The Kier molecular flexibility index (Phi) is 5.15. The van der Waals surface area contributed by atoms with Crippen molar-refractivity contribution >= 4 is 22.4 Å². The van der Waals surface area contributed by atoms with Crippen LogP contribution in [0.4, 0.5) is 5.69 Å². The summed E-state index contributed by atoms with van der Waals surface area (Å²) in [6, 6.07) is 5.39. The quantitative estimate of drug-likeness (QED) is 0.610. The van der Waals surface area contributed by atoms with Crippen LogP contribution in [0, 0.1) is 6.92 Å². The number of aryl methyl sites for hydroxylation is 1. The van der Waals surface area contributed by atoms with Gasteiger partial charge in [0.2, 0.25) is 0 Å². The lowest BCUT2D eigenvalue weighted by Gasteiger charge is -2.09. The fourth-order valence-corrected chi connectivity index (χ4v) is 2.12. The van der Waals surface area contributed by atoms with Crippen LogP contribution in [-0.2, 0) is 10.8 Å². The maximum atomic E-state index is 11.9. The van der Waals surface area contributed by atoms with Crippen molar-refractivity contribution in [3.8, 4) is 0 Å². The molecule has 1 amide bonds. The first-order chi connectivity index (χ1) is 8.02. The molecule has 0 aromatic heterocycles. The van der Waals surface area contributed by atoms with E-state index in [4.69, 9.17) is 5.73 Å². The van der Waals surface area contributed by atoms with Gasteiger partial charge >= 0.3 is 0 Å². The fourth-order valence-electron chi connectivity index (χ4n) is 1.57. The van der Waals surface area contributed by atoms with E-state index in [9.17, 15) is 9.00 Å². The van der Waals surface area contributed by atoms with Crippen molar-refractivity contribution in [2.24, 2.45) is 0 Å². The Balaban J connectivity index is 2.55. The topological polar surface area (TPSA) is 72.2 Å². The zero-order valence-electron chi connectivity index (χ0n) is 10.2. The van der Waals surface area contributed by atoms with Gasteiger partial charge in [-0.25, -0.2) is 0 Å². The van der Waals surface area contributed by atoms with Crippen molar-refractivity contribution < 1.29 is 9.00 Å². The Bertz CT molecular complexity index is 412. The first-order valence-corrected chi connectivity index (χ1v) is 7.18. The summed E-state index contributed by atoms with van der Waals surface area (Å²) < 4.78 is 10.8. The monoisotopic (exact) mass is 254 g/mol. The number of anilines is 1. The zero-order chi connectivity index (χ0) is 12.8. The van der Waals surface area contributed by atoms with Crippen LogP contribution >= 0.6 is 0 Å². The van der Waals surface area contributed by atoms with Crippen molar-refractivity contribution in [3.63, 3.8) is 0 Å². The largest absolute Gasteiger partial charge is 0.398 e. The molecule has 0 saturated carbocycles. The maximum Gasteiger partial charge on any atom is 0.253 e. The molecule has 0 aliphatic carbocycles. The molecule has 3 N–H and O–H groups in total. The molecule has 4 nitrogen and oxygen atoms in total. The number of nitrogens with two attached hydrogens (primary N) is 1. The predicted molar refractivity (Wildman–Crippen MR) is 71.5 cm³/mol. The summed E-state index contributed by atoms with van der Waals surface area (Å²) in [7, 11) is -0.810. The molecule has 1 rings (SSSR count). The van der Waals surface area contributed by atoms with Gasteiger partial charge in [0, 0.05) is 35.0 Å². The Morgan fingerprint density at radius 2 is 2.18 bits per heavy atom. The lowest BCUT2D eigenvalue weighted by atomic mass is 10.1. The highest BCUT2D eigenvalue weighted by Crippen LogP contribution is 2.15. The summed E-state index contributed by atoms with van der Waals surface area (Å²) in [5.74, 6) is 0.436. The number of carbonyl (C=O) groups excluding carboxylic acids is 1. The van der Waals surface area contributed by atoms with Gasteiger partial charge in [-0.05, 0) is 25.0 Å². The molecule has 1 aromatic carbocycles. The smallest absolute Gasteiger partial charge is 0.253 e. The number of amides is 1. The molecule has 1 aromatic rings. The van der Waals surface area contributed by atoms with Gasteiger partial charge in [-0.1, -0.05) is 12.1 Å². The number of nitrogens with one attached hydrogen (secondary N) is 1. The number of rotatable bonds is 5. The van der Waals surface area contributed by atoms with Gasteiger partial charge in [0.1, 0.15) is 0 Å². The van der Waals surface area contributed by atoms with E-state index in [2.05, 4.69) is 5.32 Å². The normalized spacial score (nSPS) is 12.1. The highest BCUT2D eigenvalue weighted by atomic mass is 32.2. The van der Waals surface area contributed by atoms with Gasteiger partial charge in [0.15, 0.2) is 0 Å². The first-order valence-electron chi connectivity index (χ1n) is 5.45. The molecule has 0 aliphatic heterocycles. The van der Waals surface area contributed by atoms with Crippen LogP contribution in [0.2, 0.25) is 0 Å². The molecule has 0 spiro atoms. The van der Waals surface area contributed by atoms with E-state index >= 15 is 0 Å². The second kappa shape index (κ2) is 6.39. The Labute approximate surface area is 104 Å². The summed E-state index contributed by atoms with van der Waals surface area (Å²) in [6.45, 7) is 2.37. The van der Waals surface area contributed by atoms with Crippen molar-refractivity contribution in [1.29, 1.82) is 0 Å².